The number of rotatable bonds is 4. The maximum absolute atomic E-state index is 4.59. The van der Waals surface area contributed by atoms with Gasteiger partial charge in [0.25, 0.3) is 0 Å². The van der Waals surface area contributed by atoms with Crippen molar-refractivity contribution in [3.05, 3.63) is 22.8 Å². The Balaban J connectivity index is 1.59. The maximum atomic E-state index is 4.59. The molecule has 2 aromatic rings. The zero-order valence-electron chi connectivity index (χ0n) is 13.5. The molecule has 0 spiro atoms. The lowest BCUT2D eigenvalue weighted by Gasteiger charge is -2.24. The van der Waals surface area contributed by atoms with Crippen molar-refractivity contribution in [2.75, 3.05) is 6.54 Å². The van der Waals surface area contributed by atoms with Gasteiger partial charge in [0, 0.05) is 24.3 Å². The molecule has 2 aliphatic rings. The highest BCUT2D eigenvalue weighted by atomic mass is 15.6. The van der Waals surface area contributed by atoms with E-state index in [2.05, 4.69) is 39.4 Å². The van der Waals surface area contributed by atoms with E-state index in [0.29, 0.717) is 12.1 Å². The zero-order valence-corrected chi connectivity index (χ0v) is 13.5. The van der Waals surface area contributed by atoms with E-state index in [1.54, 1.807) is 0 Å². The Morgan fingerprint density at radius 1 is 1.18 bits per heavy atom. The number of tetrazole rings is 1. The van der Waals surface area contributed by atoms with Gasteiger partial charge in [-0.1, -0.05) is 0 Å². The van der Waals surface area contributed by atoms with Gasteiger partial charge in [-0.15, -0.1) is 5.10 Å². The number of nitrogens with zero attached hydrogens (tertiary/aromatic N) is 7. The summed E-state index contributed by atoms with van der Waals surface area (Å²) in [6.45, 7) is 6.23. The Morgan fingerprint density at radius 3 is 2.68 bits per heavy atom. The van der Waals surface area contributed by atoms with E-state index >= 15 is 0 Å². The summed E-state index contributed by atoms with van der Waals surface area (Å²) in [6, 6.07) is 0.978. The number of hydrogen-bond donors (Lipinski definition) is 0. The highest BCUT2D eigenvalue weighted by Gasteiger charge is 2.33. The van der Waals surface area contributed by atoms with E-state index in [0.717, 1.165) is 24.6 Å². The number of hydrogen-bond acceptors (Lipinski definition) is 5. The van der Waals surface area contributed by atoms with E-state index < -0.39 is 0 Å². The summed E-state index contributed by atoms with van der Waals surface area (Å²) >= 11 is 0. The van der Waals surface area contributed by atoms with Crippen molar-refractivity contribution in [1.82, 2.24) is 34.9 Å². The third-order valence-corrected chi connectivity index (χ3v) is 5.06. The van der Waals surface area contributed by atoms with Gasteiger partial charge >= 0.3 is 0 Å². The topological polar surface area (TPSA) is 64.7 Å². The molecule has 22 heavy (non-hydrogen) atoms. The predicted molar refractivity (Wildman–Crippen MR) is 81.2 cm³/mol. The van der Waals surface area contributed by atoms with Crippen molar-refractivity contribution >= 4 is 0 Å². The first-order chi connectivity index (χ1) is 10.6. The first-order valence-corrected chi connectivity index (χ1v) is 8.16. The summed E-state index contributed by atoms with van der Waals surface area (Å²) in [6.07, 6.45) is 4.84. The van der Waals surface area contributed by atoms with E-state index in [-0.39, 0.29) is 0 Å². The van der Waals surface area contributed by atoms with Crippen molar-refractivity contribution in [1.29, 1.82) is 0 Å². The second kappa shape index (κ2) is 5.15. The Morgan fingerprint density at radius 2 is 2.00 bits per heavy atom. The quantitative estimate of drug-likeness (QED) is 0.860. The minimum Gasteiger partial charge on any atom is -0.289 e. The minimum atomic E-state index is 0.443. The van der Waals surface area contributed by atoms with Gasteiger partial charge in [0.2, 0.25) is 0 Å². The fourth-order valence-electron chi connectivity index (χ4n) is 3.72. The standard InChI is InChI=1S/C15H23N7/c1-10-15(11(2)20(3)17-10)13-5-4-8-21(13)9-14-16-18-19-22(14)12-6-7-12/h12-13H,4-9H2,1-3H3/t13-/m0/s1. The largest absolute Gasteiger partial charge is 0.289 e. The van der Waals surface area contributed by atoms with Crippen LogP contribution >= 0.6 is 0 Å². The average molecular weight is 301 g/mol. The molecule has 2 fully saturated rings. The summed E-state index contributed by atoms with van der Waals surface area (Å²) < 4.78 is 4.02. The molecule has 0 aromatic carbocycles. The average Bonchev–Trinajstić information content (AvgIpc) is 2.96. The van der Waals surface area contributed by atoms with Crippen molar-refractivity contribution in [3.63, 3.8) is 0 Å². The van der Waals surface area contributed by atoms with E-state index in [1.807, 2.05) is 16.4 Å². The zero-order chi connectivity index (χ0) is 15.3. The van der Waals surface area contributed by atoms with Crippen LogP contribution in [0, 0.1) is 13.8 Å². The molecule has 0 amide bonds. The monoisotopic (exact) mass is 301 g/mol. The molecular weight excluding hydrogens is 278 g/mol. The van der Waals surface area contributed by atoms with Crippen LogP contribution < -0.4 is 0 Å². The molecule has 4 rings (SSSR count). The third-order valence-electron chi connectivity index (χ3n) is 5.06. The van der Waals surface area contributed by atoms with Gasteiger partial charge in [0.15, 0.2) is 5.82 Å². The second-order valence-electron chi connectivity index (χ2n) is 6.61. The summed E-state index contributed by atoms with van der Waals surface area (Å²) in [5.74, 6) is 1.01. The van der Waals surface area contributed by atoms with Crippen molar-refractivity contribution in [3.8, 4) is 0 Å². The molecule has 3 heterocycles. The molecule has 0 radical (unpaired) electrons. The van der Waals surface area contributed by atoms with E-state index in [9.17, 15) is 0 Å². The van der Waals surface area contributed by atoms with Crippen LogP contribution in [0.5, 0.6) is 0 Å². The summed E-state index contributed by atoms with van der Waals surface area (Å²) in [5.41, 5.74) is 3.82. The molecule has 7 nitrogen and oxygen atoms in total. The van der Waals surface area contributed by atoms with E-state index in [4.69, 9.17) is 0 Å². The molecule has 1 saturated heterocycles. The normalized spacial score (nSPS) is 22.6. The van der Waals surface area contributed by atoms with Crippen LogP contribution in [-0.2, 0) is 13.6 Å². The van der Waals surface area contributed by atoms with Crippen LogP contribution in [0.2, 0.25) is 0 Å². The van der Waals surface area contributed by atoms with Crippen molar-refractivity contribution < 1.29 is 0 Å². The maximum Gasteiger partial charge on any atom is 0.165 e. The Kier molecular flexibility index (Phi) is 3.25. The van der Waals surface area contributed by atoms with Gasteiger partial charge < -0.3 is 0 Å². The Labute approximate surface area is 130 Å². The number of likely N-dealkylation sites (tertiary alicyclic amines) is 1. The van der Waals surface area contributed by atoms with Crippen molar-refractivity contribution in [2.45, 2.75) is 58.2 Å². The molecule has 0 N–H and O–H groups in total. The van der Waals surface area contributed by atoms with Gasteiger partial charge in [-0.2, -0.15) is 5.10 Å². The first-order valence-electron chi connectivity index (χ1n) is 8.16. The van der Waals surface area contributed by atoms with Crippen molar-refractivity contribution in [2.24, 2.45) is 7.05 Å². The van der Waals surface area contributed by atoms with Crippen LogP contribution in [0.3, 0.4) is 0 Å². The van der Waals surface area contributed by atoms with Crippen LogP contribution in [0.4, 0.5) is 0 Å². The van der Waals surface area contributed by atoms with E-state index in [1.165, 1.54) is 36.9 Å². The molecule has 118 valence electrons. The van der Waals surface area contributed by atoms with Crippen LogP contribution in [-0.4, -0.2) is 41.4 Å². The highest BCUT2D eigenvalue weighted by molar-refractivity contribution is 5.29. The van der Waals surface area contributed by atoms with Gasteiger partial charge in [-0.25, -0.2) is 4.68 Å². The molecule has 1 aliphatic carbocycles. The fraction of sp³-hybridized carbons (Fsp3) is 0.733. The van der Waals surface area contributed by atoms with Gasteiger partial charge in [-0.05, 0) is 56.5 Å². The third kappa shape index (κ3) is 2.24. The second-order valence-corrected chi connectivity index (χ2v) is 6.61. The number of aromatic nitrogens is 6. The lowest BCUT2D eigenvalue weighted by molar-refractivity contribution is 0.236. The summed E-state index contributed by atoms with van der Waals surface area (Å²) in [5, 5.41) is 16.9. The Bertz CT molecular complexity index is 682. The Hall–Kier alpha value is -1.76. The molecule has 0 unspecified atom stereocenters. The molecular formula is C15H23N7. The minimum absolute atomic E-state index is 0.443. The van der Waals surface area contributed by atoms with Crippen LogP contribution in [0.1, 0.15) is 60.5 Å². The predicted octanol–water partition coefficient (Wildman–Crippen LogP) is 1.70. The molecule has 1 aliphatic heterocycles. The van der Waals surface area contributed by atoms with Crippen LogP contribution in [0.15, 0.2) is 0 Å². The van der Waals surface area contributed by atoms with Gasteiger partial charge in [0.1, 0.15) is 0 Å². The molecule has 1 saturated carbocycles. The molecule has 0 bridgehead atoms. The lowest BCUT2D eigenvalue weighted by atomic mass is 10.0. The number of aryl methyl sites for hydroxylation is 2. The molecule has 7 heteroatoms. The van der Waals surface area contributed by atoms with Gasteiger partial charge in [0.05, 0.1) is 18.3 Å². The first kappa shape index (κ1) is 13.9. The smallest absolute Gasteiger partial charge is 0.165 e. The summed E-state index contributed by atoms with van der Waals surface area (Å²) in [7, 11) is 2.03. The van der Waals surface area contributed by atoms with Crippen LogP contribution in [0.25, 0.3) is 0 Å². The molecule has 1 atom stereocenters. The lowest BCUT2D eigenvalue weighted by Crippen LogP contribution is -2.25. The molecule has 2 aromatic heterocycles. The highest BCUT2D eigenvalue weighted by Crippen LogP contribution is 2.38. The van der Waals surface area contributed by atoms with Gasteiger partial charge in [-0.3, -0.25) is 9.58 Å². The SMILES string of the molecule is Cc1nn(C)c(C)c1[C@@H]1CCCN1Cc1nnnn1C1CC1. The summed E-state index contributed by atoms with van der Waals surface area (Å²) in [4.78, 5) is 2.52. The fourth-order valence-corrected chi connectivity index (χ4v) is 3.72.